The second-order valence-corrected chi connectivity index (χ2v) is 3.04. The van der Waals surface area contributed by atoms with Gasteiger partial charge in [-0.2, -0.15) is 0 Å². The van der Waals surface area contributed by atoms with E-state index in [-0.39, 0.29) is 4.00 Å². The van der Waals surface area contributed by atoms with Crippen LogP contribution in [0.2, 0.25) is 0 Å². The molecule has 0 aromatic carbocycles. The summed E-state index contributed by atoms with van der Waals surface area (Å²) in [6, 6.07) is 0. The van der Waals surface area contributed by atoms with E-state index in [1.807, 2.05) is 6.92 Å². The Morgan fingerprint density at radius 1 is 1.55 bits per heavy atom. The van der Waals surface area contributed by atoms with Crippen molar-refractivity contribution < 1.29 is 4.00 Å². The highest BCUT2D eigenvalue weighted by molar-refractivity contribution is 6.14. The quantitative estimate of drug-likeness (QED) is 0.493. The fourth-order valence-electron chi connectivity index (χ4n) is 1.10. The smallest absolute Gasteiger partial charge is 0.218 e. The third-order valence-electron chi connectivity index (χ3n) is 1.73. The molecule has 0 aliphatic carbocycles. The molecule has 2 aliphatic rings. The molecule has 1 unspecified atom stereocenters. The summed E-state index contributed by atoms with van der Waals surface area (Å²) in [6.45, 7) is 1.92. The third-order valence-corrected chi connectivity index (χ3v) is 2.11. The first-order valence-electron chi connectivity index (χ1n) is 3.28. The molecule has 0 fully saturated rings. The molecule has 0 bridgehead atoms. The fourth-order valence-corrected chi connectivity index (χ4v) is 1.36. The summed E-state index contributed by atoms with van der Waals surface area (Å²) < 4.78 is 0.134. The van der Waals surface area contributed by atoms with Crippen LogP contribution in [0.4, 0.5) is 0 Å². The zero-order chi connectivity index (χ0) is 7.90. The van der Waals surface area contributed by atoms with E-state index >= 15 is 0 Å². The minimum Gasteiger partial charge on any atom is -0.253 e. The Labute approximate surface area is 69.7 Å². The van der Waals surface area contributed by atoms with Crippen molar-refractivity contribution in [2.24, 2.45) is 9.98 Å². The monoisotopic (exact) mass is 168 g/mol. The number of allylic oxidation sites excluding steroid dienone is 2. The SMILES string of the molecule is CC1=C2C=NC=C[N+]2(Cl)C=N1. The van der Waals surface area contributed by atoms with Crippen LogP contribution in [0.25, 0.3) is 0 Å². The Hall–Kier alpha value is -0.930. The van der Waals surface area contributed by atoms with E-state index < -0.39 is 0 Å². The molecule has 0 N–H and O–H groups in total. The number of hydrogen-bond donors (Lipinski definition) is 0. The molecule has 11 heavy (non-hydrogen) atoms. The van der Waals surface area contributed by atoms with Crippen molar-refractivity contribution in [1.29, 1.82) is 0 Å². The maximum absolute atomic E-state index is 6.12. The van der Waals surface area contributed by atoms with Gasteiger partial charge >= 0.3 is 0 Å². The van der Waals surface area contributed by atoms with Crippen LogP contribution >= 0.6 is 11.8 Å². The predicted molar refractivity (Wildman–Crippen MR) is 44.9 cm³/mol. The lowest BCUT2D eigenvalue weighted by Crippen LogP contribution is -2.29. The van der Waals surface area contributed by atoms with Gasteiger partial charge in [-0.25, -0.2) is 4.99 Å². The van der Waals surface area contributed by atoms with Crippen LogP contribution in [0.5, 0.6) is 0 Å². The van der Waals surface area contributed by atoms with Gasteiger partial charge in [-0.3, -0.25) is 4.99 Å². The van der Waals surface area contributed by atoms with E-state index in [2.05, 4.69) is 9.98 Å². The Kier molecular flexibility index (Phi) is 1.25. The second kappa shape index (κ2) is 2.03. The Bertz CT molecular complexity index is 314. The molecule has 0 amide bonds. The standard InChI is InChI=1S/C7H7ClN3/c1-6-7-4-9-2-3-11(7,8)5-10-6/h2-5H,1H3/q+1. The van der Waals surface area contributed by atoms with Crippen molar-refractivity contribution in [3.63, 3.8) is 0 Å². The summed E-state index contributed by atoms with van der Waals surface area (Å²) in [5.74, 6) is 0. The second-order valence-electron chi connectivity index (χ2n) is 2.48. The number of fused-ring (bicyclic) bond motifs is 1. The van der Waals surface area contributed by atoms with Crippen LogP contribution in [0.1, 0.15) is 6.92 Å². The van der Waals surface area contributed by atoms with Crippen LogP contribution < -0.4 is 0 Å². The van der Waals surface area contributed by atoms with E-state index in [9.17, 15) is 0 Å². The number of aliphatic imine (C=N–C) groups is 2. The summed E-state index contributed by atoms with van der Waals surface area (Å²) in [7, 11) is 0. The summed E-state index contributed by atoms with van der Waals surface area (Å²) in [6.07, 6.45) is 6.85. The van der Waals surface area contributed by atoms with Crippen molar-refractivity contribution in [3.8, 4) is 0 Å². The summed E-state index contributed by atoms with van der Waals surface area (Å²) >= 11 is 6.12. The minimum absolute atomic E-state index is 0.134. The maximum atomic E-state index is 6.12. The molecule has 4 heteroatoms. The molecule has 1 atom stereocenters. The van der Waals surface area contributed by atoms with E-state index in [4.69, 9.17) is 11.8 Å². The molecule has 0 spiro atoms. The van der Waals surface area contributed by atoms with Crippen molar-refractivity contribution in [2.75, 3.05) is 0 Å². The zero-order valence-electron chi connectivity index (χ0n) is 6.03. The normalized spacial score (nSPS) is 33.3. The molecule has 0 radical (unpaired) electrons. The zero-order valence-corrected chi connectivity index (χ0v) is 6.78. The Balaban J connectivity index is 2.57. The number of rotatable bonds is 0. The number of nitrogens with zero attached hydrogens (tertiary/aromatic N) is 3. The first-order chi connectivity index (χ1) is 5.22. The Morgan fingerprint density at radius 3 is 3.09 bits per heavy atom. The van der Waals surface area contributed by atoms with E-state index in [0.717, 1.165) is 11.4 Å². The minimum atomic E-state index is 0.134. The van der Waals surface area contributed by atoms with Gasteiger partial charge in [-0.05, 0) is 6.92 Å². The van der Waals surface area contributed by atoms with Gasteiger partial charge in [0, 0.05) is 0 Å². The highest BCUT2D eigenvalue weighted by Gasteiger charge is 2.35. The molecule has 2 heterocycles. The summed E-state index contributed by atoms with van der Waals surface area (Å²) in [4.78, 5) is 8.08. The van der Waals surface area contributed by atoms with Crippen LogP contribution in [0.3, 0.4) is 0 Å². The highest BCUT2D eigenvalue weighted by Crippen LogP contribution is 2.30. The van der Waals surface area contributed by atoms with E-state index in [1.165, 1.54) is 0 Å². The molecular formula is C7H7ClN3+. The van der Waals surface area contributed by atoms with E-state index in [1.54, 1.807) is 25.0 Å². The van der Waals surface area contributed by atoms with Crippen molar-refractivity contribution >= 4 is 24.3 Å². The molecule has 0 saturated carbocycles. The highest BCUT2D eigenvalue weighted by atomic mass is 35.5. The summed E-state index contributed by atoms with van der Waals surface area (Å²) in [5.41, 5.74) is 1.85. The lowest BCUT2D eigenvalue weighted by atomic mass is 10.3. The lowest BCUT2D eigenvalue weighted by Gasteiger charge is -2.16. The van der Waals surface area contributed by atoms with Crippen molar-refractivity contribution in [3.05, 3.63) is 23.8 Å². The Morgan fingerprint density at radius 2 is 2.36 bits per heavy atom. The molecule has 2 aliphatic heterocycles. The molecule has 0 saturated heterocycles. The van der Waals surface area contributed by atoms with E-state index in [0.29, 0.717) is 0 Å². The largest absolute Gasteiger partial charge is 0.253 e. The average molecular weight is 169 g/mol. The van der Waals surface area contributed by atoms with Gasteiger partial charge < -0.3 is 0 Å². The van der Waals surface area contributed by atoms with Crippen LogP contribution in [-0.4, -0.2) is 16.6 Å². The van der Waals surface area contributed by atoms with Gasteiger partial charge in [0.05, 0.1) is 12.4 Å². The lowest BCUT2D eigenvalue weighted by molar-refractivity contribution is -0.592. The van der Waals surface area contributed by atoms with Crippen molar-refractivity contribution in [2.45, 2.75) is 6.92 Å². The number of halogens is 1. The average Bonchev–Trinajstić information content (AvgIpc) is 2.29. The summed E-state index contributed by atoms with van der Waals surface area (Å²) in [5, 5.41) is 0. The molecule has 2 rings (SSSR count). The number of quaternary nitrogens is 1. The molecule has 3 nitrogen and oxygen atoms in total. The first-order valence-corrected chi connectivity index (χ1v) is 3.62. The first kappa shape index (κ1) is 6.76. The van der Waals surface area contributed by atoms with Crippen LogP contribution in [-0.2, 0) is 0 Å². The van der Waals surface area contributed by atoms with Gasteiger partial charge in [0.1, 0.15) is 11.9 Å². The van der Waals surface area contributed by atoms with Crippen LogP contribution in [0, 0.1) is 0 Å². The molecular weight excluding hydrogens is 162 g/mol. The van der Waals surface area contributed by atoms with Gasteiger partial charge in [0.25, 0.3) is 0 Å². The van der Waals surface area contributed by atoms with Gasteiger partial charge in [0.2, 0.25) is 12.0 Å². The molecule has 56 valence electrons. The number of hydrogen-bond acceptors (Lipinski definition) is 2. The fraction of sp³-hybridized carbons (Fsp3) is 0.143. The van der Waals surface area contributed by atoms with Crippen LogP contribution in [0.15, 0.2) is 33.8 Å². The molecule has 0 aromatic rings. The van der Waals surface area contributed by atoms with Gasteiger partial charge in [0.15, 0.2) is 11.8 Å². The molecule has 0 aromatic heterocycles. The maximum Gasteiger partial charge on any atom is 0.218 e. The predicted octanol–water partition coefficient (Wildman–Crippen LogP) is 1.79. The van der Waals surface area contributed by atoms with Gasteiger partial charge in [-0.15, -0.1) is 4.00 Å². The topological polar surface area (TPSA) is 24.7 Å². The third kappa shape index (κ3) is 0.852. The van der Waals surface area contributed by atoms with Crippen molar-refractivity contribution in [1.82, 2.24) is 0 Å². The van der Waals surface area contributed by atoms with Gasteiger partial charge in [-0.1, -0.05) is 0 Å².